The molecule has 0 aliphatic rings. The second-order valence-electron chi connectivity index (χ2n) is 10.5. The van der Waals surface area contributed by atoms with E-state index in [0.29, 0.717) is 41.8 Å². The molecular formula is C35H38N2O6. The first-order chi connectivity index (χ1) is 20.8. The first kappa shape index (κ1) is 31.3. The third-order valence-electron chi connectivity index (χ3n) is 7.35. The fourth-order valence-electron chi connectivity index (χ4n) is 5.10. The number of carbonyl (C=O) groups excluding carboxylic acids is 4. The quantitative estimate of drug-likeness (QED) is 0.0286. The molecule has 4 aromatic rings. The van der Waals surface area contributed by atoms with Gasteiger partial charge in [-0.05, 0) is 86.8 Å². The molecule has 0 saturated carbocycles. The molecule has 0 unspecified atom stereocenters. The smallest absolute Gasteiger partial charge is 0.331 e. The zero-order valence-electron chi connectivity index (χ0n) is 25.3. The third kappa shape index (κ3) is 7.44. The number of unbranched alkanes of at least 4 members (excludes halogenated alkanes) is 3. The molecule has 3 aromatic carbocycles. The van der Waals surface area contributed by atoms with E-state index in [1.807, 2.05) is 38.1 Å². The van der Waals surface area contributed by atoms with Gasteiger partial charge in [-0.3, -0.25) is 14.4 Å². The summed E-state index contributed by atoms with van der Waals surface area (Å²) in [4.78, 5) is 55.1. The van der Waals surface area contributed by atoms with E-state index in [1.165, 1.54) is 6.92 Å². The lowest BCUT2D eigenvalue weighted by molar-refractivity contribution is -0.141. The number of Topliss-reactive ketones (excluding diaryl/α,β-unsaturated/α-hetero) is 1. The Morgan fingerprint density at radius 1 is 0.721 bits per heavy atom. The number of aryl methyl sites for hydroxylation is 1. The van der Waals surface area contributed by atoms with E-state index in [4.69, 9.17) is 9.57 Å². The number of carbonyl (C=O) groups is 4. The van der Waals surface area contributed by atoms with Gasteiger partial charge in [0.25, 0.3) is 0 Å². The summed E-state index contributed by atoms with van der Waals surface area (Å²) in [5.74, 6) is -0.917. The van der Waals surface area contributed by atoms with Crippen LogP contribution >= 0.6 is 0 Å². The van der Waals surface area contributed by atoms with Crippen LogP contribution < -0.4 is 4.74 Å². The van der Waals surface area contributed by atoms with Gasteiger partial charge in [0, 0.05) is 58.4 Å². The molecule has 0 bridgehead atoms. The lowest BCUT2D eigenvalue weighted by Gasteiger charge is -2.06. The number of hydrogen-bond acceptors (Lipinski definition) is 7. The average molecular weight is 583 g/mol. The van der Waals surface area contributed by atoms with Crippen molar-refractivity contribution in [1.29, 1.82) is 0 Å². The van der Waals surface area contributed by atoms with Crippen LogP contribution in [0.3, 0.4) is 0 Å². The minimum Gasteiger partial charge on any atom is -0.427 e. The lowest BCUT2D eigenvalue weighted by atomic mass is 9.99. The number of hydrogen-bond donors (Lipinski definition) is 0. The predicted octanol–water partition coefficient (Wildman–Crippen LogP) is 7.82. The molecule has 0 atom stereocenters. The van der Waals surface area contributed by atoms with Gasteiger partial charge in [0.2, 0.25) is 5.78 Å². The van der Waals surface area contributed by atoms with Gasteiger partial charge in [-0.15, -0.1) is 0 Å². The van der Waals surface area contributed by atoms with Gasteiger partial charge < -0.3 is 14.1 Å². The van der Waals surface area contributed by atoms with Crippen LogP contribution in [0.25, 0.3) is 21.8 Å². The molecule has 0 spiro atoms. The summed E-state index contributed by atoms with van der Waals surface area (Å²) in [7, 11) is 0. The maximum Gasteiger partial charge on any atom is 0.331 e. The fourth-order valence-corrected chi connectivity index (χ4v) is 5.10. The minimum atomic E-state index is -0.585. The molecule has 0 amide bonds. The molecule has 0 radical (unpaired) electrons. The molecule has 0 saturated heterocycles. The topological polar surface area (TPSA) is 104 Å². The first-order valence-corrected chi connectivity index (χ1v) is 15.0. The second kappa shape index (κ2) is 14.5. The Hall–Kier alpha value is -4.59. The van der Waals surface area contributed by atoms with Crippen molar-refractivity contribution in [3.8, 4) is 5.75 Å². The zero-order chi connectivity index (χ0) is 30.9. The number of aromatic nitrogens is 1. The number of nitrogens with zero attached hydrogens (tertiary/aromatic N) is 2. The molecule has 0 aliphatic heterocycles. The zero-order valence-corrected chi connectivity index (χ0v) is 25.3. The molecular weight excluding hydrogens is 544 g/mol. The van der Waals surface area contributed by atoms with Crippen molar-refractivity contribution >= 4 is 51.0 Å². The summed E-state index contributed by atoms with van der Waals surface area (Å²) in [6.45, 7) is 8.08. The van der Waals surface area contributed by atoms with Gasteiger partial charge in [0.05, 0.1) is 0 Å². The maximum atomic E-state index is 13.5. The number of ether oxygens (including phenoxy) is 1. The predicted molar refractivity (Wildman–Crippen MR) is 168 cm³/mol. The largest absolute Gasteiger partial charge is 0.427 e. The van der Waals surface area contributed by atoms with E-state index >= 15 is 0 Å². The van der Waals surface area contributed by atoms with Gasteiger partial charge in [-0.2, -0.15) is 0 Å². The van der Waals surface area contributed by atoms with Crippen molar-refractivity contribution in [2.75, 3.05) is 0 Å². The van der Waals surface area contributed by atoms with Crippen LogP contribution in [0, 0.1) is 0 Å². The summed E-state index contributed by atoms with van der Waals surface area (Å²) in [6.07, 6.45) is 5.15. The summed E-state index contributed by atoms with van der Waals surface area (Å²) in [5, 5.41) is 5.54. The van der Waals surface area contributed by atoms with Gasteiger partial charge >= 0.3 is 11.9 Å². The first-order valence-electron chi connectivity index (χ1n) is 15.0. The van der Waals surface area contributed by atoms with Crippen LogP contribution in [-0.2, 0) is 21.0 Å². The maximum absolute atomic E-state index is 13.5. The molecule has 43 heavy (non-hydrogen) atoms. The van der Waals surface area contributed by atoms with Crippen LogP contribution in [0.2, 0.25) is 0 Å². The number of fused-ring (bicyclic) bond motifs is 3. The van der Waals surface area contributed by atoms with Crippen molar-refractivity contribution in [3.63, 3.8) is 0 Å². The second-order valence-corrected chi connectivity index (χ2v) is 10.5. The van der Waals surface area contributed by atoms with Gasteiger partial charge in [0.1, 0.15) is 11.5 Å². The van der Waals surface area contributed by atoms with Crippen LogP contribution in [0.4, 0.5) is 0 Å². The van der Waals surface area contributed by atoms with Crippen LogP contribution in [0.1, 0.15) is 98.9 Å². The highest BCUT2D eigenvalue weighted by molar-refractivity contribution is 6.46. The molecule has 4 rings (SSSR count). The highest BCUT2D eigenvalue weighted by atomic mass is 16.7. The van der Waals surface area contributed by atoms with Crippen molar-refractivity contribution in [3.05, 3.63) is 77.4 Å². The SMILES string of the molecule is CCCCCC(=O)Oc1ccc(C(=O)c2ccc3c(c2)c2cc(C(=O)/C(CCCC)=N/OC(C)=O)ccc2n3CC)cc1. The average Bonchev–Trinajstić information content (AvgIpc) is 3.33. The summed E-state index contributed by atoms with van der Waals surface area (Å²) in [6, 6.07) is 17.7. The van der Waals surface area contributed by atoms with Gasteiger partial charge in [0.15, 0.2) is 5.78 Å². The molecule has 1 aromatic heterocycles. The molecule has 0 fully saturated rings. The number of esters is 1. The summed E-state index contributed by atoms with van der Waals surface area (Å²) < 4.78 is 7.55. The molecule has 1 heterocycles. The van der Waals surface area contributed by atoms with Crippen molar-refractivity contribution < 1.29 is 28.8 Å². The van der Waals surface area contributed by atoms with Crippen molar-refractivity contribution in [1.82, 2.24) is 4.57 Å². The molecule has 224 valence electrons. The van der Waals surface area contributed by atoms with Gasteiger partial charge in [-0.1, -0.05) is 38.3 Å². The Bertz CT molecular complexity index is 1680. The number of ketones is 2. The Labute approximate surface area is 251 Å². The van der Waals surface area contributed by atoms with E-state index in [1.54, 1.807) is 36.4 Å². The standard InChI is InChI=1S/C35H38N2O6/c1-5-8-10-12-33(39)42-27-17-13-24(14-18-27)34(40)25-15-19-31-28(21-25)29-22-26(16-20-32(29)37(31)7-3)35(41)30(11-9-6-2)36-43-23(4)38/h13-22H,5-12H2,1-4H3/b36-30+. The van der Waals surface area contributed by atoms with Gasteiger partial charge in [-0.25, -0.2) is 4.79 Å². The van der Waals surface area contributed by atoms with E-state index in [2.05, 4.69) is 16.6 Å². The Morgan fingerprint density at radius 3 is 1.93 bits per heavy atom. The molecule has 8 heteroatoms. The molecule has 0 N–H and O–H groups in total. The van der Waals surface area contributed by atoms with E-state index in [-0.39, 0.29) is 23.2 Å². The van der Waals surface area contributed by atoms with Crippen LogP contribution in [0.5, 0.6) is 5.75 Å². The molecule has 0 aliphatic carbocycles. The Kier molecular flexibility index (Phi) is 10.6. The monoisotopic (exact) mass is 582 g/mol. The highest BCUT2D eigenvalue weighted by Crippen LogP contribution is 2.32. The normalized spacial score (nSPS) is 11.6. The van der Waals surface area contributed by atoms with Crippen LogP contribution in [-0.4, -0.2) is 33.8 Å². The summed E-state index contributed by atoms with van der Waals surface area (Å²) >= 11 is 0. The Balaban J connectivity index is 1.65. The Morgan fingerprint density at radius 2 is 1.33 bits per heavy atom. The number of rotatable bonds is 14. The third-order valence-corrected chi connectivity index (χ3v) is 7.35. The lowest BCUT2D eigenvalue weighted by Crippen LogP contribution is -2.15. The van der Waals surface area contributed by atoms with Crippen molar-refractivity contribution in [2.24, 2.45) is 5.16 Å². The van der Waals surface area contributed by atoms with E-state index in [9.17, 15) is 19.2 Å². The minimum absolute atomic E-state index is 0.164. The van der Waals surface area contributed by atoms with E-state index in [0.717, 1.165) is 53.9 Å². The molecule has 8 nitrogen and oxygen atoms in total. The number of oxime groups is 1. The van der Waals surface area contributed by atoms with E-state index < -0.39 is 5.97 Å². The summed E-state index contributed by atoms with van der Waals surface area (Å²) in [5.41, 5.74) is 3.49. The highest BCUT2D eigenvalue weighted by Gasteiger charge is 2.19. The number of benzene rings is 3. The fraction of sp³-hybridized carbons (Fsp3) is 0.343. The van der Waals surface area contributed by atoms with Crippen molar-refractivity contribution in [2.45, 2.75) is 79.2 Å². The van der Waals surface area contributed by atoms with Crippen LogP contribution in [0.15, 0.2) is 65.8 Å².